The van der Waals surface area contributed by atoms with Crippen molar-refractivity contribution in [3.63, 3.8) is 0 Å². The first-order valence-electron chi connectivity index (χ1n) is 3.32. The fraction of sp³-hybridized carbons (Fsp3) is 0.286. The number of aliphatic carboxylic acids is 1. The van der Waals surface area contributed by atoms with E-state index in [0.29, 0.717) is 5.69 Å². The van der Waals surface area contributed by atoms with Crippen molar-refractivity contribution in [2.75, 3.05) is 0 Å². The van der Waals surface area contributed by atoms with Crippen molar-refractivity contribution in [1.29, 1.82) is 0 Å². The van der Waals surface area contributed by atoms with Gasteiger partial charge in [0.15, 0.2) is 0 Å². The molecule has 0 fully saturated rings. The van der Waals surface area contributed by atoms with Crippen LogP contribution in [0.15, 0.2) is 18.6 Å². The van der Waals surface area contributed by atoms with E-state index in [1.807, 2.05) is 0 Å². The van der Waals surface area contributed by atoms with E-state index < -0.39 is 12.1 Å². The number of carbonyl (C=O) groups is 1. The summed E-state index contributed by atoms with van der Waals surface area (Å²) in [6, 6.07) is 1.48. The zero-order valence-corrected chi connectivity index (χ0v) is 6.14. The molecule has 1 aromatic rings. The van der Waals surface area contributed by atoms with Crippen LogP contribution in [0.3, 0.4) is 0 Å². The van der Waals surface area contributed by atoms with Gasteiger partial charge >= 0.3 is 5.97 Å². The van der Waals surface area contributed by atoms with Crippen molar-refractivity contribution >= 4 is 5.97 Å². The largest absolute Gasteiger partial charge is 0.479 e. The van der Waals surface area contributed by atoms with Gasteiger partial charge in [0.1, 0.15) is 6.33 Å². The normalized spacial score (nSPS) is 12.4. The highest BCUT2D eigenvalue weighted by molar-refractivity contribution is 5.72. The molecule has 0 aliphatic rings. The minimum absolute atomic E-state index is 0.210. The number of carboxylic acid groups (broad SMARTS) is 1. The van der Waals surface area contributed by atoms with Gasteiger partial charge in [0.2, 0.25) is 6.17 Å². The standard InChI is InChI=1S/C7H7FN2O2/c8-6(7(11)12)3-5-1-2-9-4-10-5/h1-2,4,6H,3H2,(H,11,12). The molecule has 0 bridgehead atoms. The number of alkyl halides is 1. The first kappa shape index (κ1) is 8.58. The summed E-state index contributed by atoms with van der Waals surface area (Å²) in [7, 11) is 0. The molecule has 1 rings (SSSR count). The minimum Gasteiger partial charge on any atom is -0.479 e. The van der Waals surface area contributed by atoms with Gasteiger partial charge in [-0.3, -0.25) is 0 Å². The zero-order valence-electron chi connectivity index (χ0n) is 6.14. The number of hydrogen-bond donors (Lipinski definition) is 1. The van der Waals surface area contributed by atoms with Crippen LogP contribution in [0.1, 0.15) is 5.69 Å². The van der Waals surface area contributed by atoms with Gasteiger partial charge in [-0.25, -0.2) is 19.2 Å². The summed E-state index contributed by atoms with van der Waals surface area (Å²) in [6.45, 7) is 0. The Labute approximate surface area is 68.1 Å². The molecule has 1 unspecified atom stereocenters. The molecule has 0 aliphatic heterocycles. The molecule has 1 N–H and O–H groups in total. The lowest BCUT2D eigenvalue weighted by Crippen LogP contribution is -2.17. The molecule has 0 spiro atoms. The van der Waals surface area contributed by atoms with E-state index >= 15 is 0 Å². The summed E-state index contributed by atoms with van der Waals surface area (Å²) in [5, 5.41) is 8.22. The third kappa shape index (κ3) is 2.26. The Kier molecular flexibility index (Phi) is 2.68. The van der Waals surface area contributed by atoms with Crippen LogP contribution in [0.5, 0.6) is 0 Å². The number of carboxylic acids is 1. The molecular formula is C7H7FN2O2. The molecule has 0 aliphatic carbocycles. The molecular weight excluding hydrogens is 163 g/mol. The fourth-order valence-electron chi connectivity index (χ4n) is 0.710. The Morgan fingerprint density at radius 2 is 2.50 bits per heavy atom. The Balaban J connectivity index is 2.58. The van der Waals surface area contributed by atoms with Crippen molar-refractivity contribution in [3.05, 3.63) is 24.3 Å². The molecule has 64 valence electrons. The van der Waals surface area contributed by atoms with Gasteiger partial charge in [-0.2, -0.15) is 0 Å². The van der Waals surface area contributed by atoms with Crippen molar-refractivity contribution in [1.82, 2.24) is 9.97 Å². The fourth-order valence-corrected chi connectivity index (χ4v) is 0.710. The third-order valence-corrected chi connectivity index (χ3v) is 1.30. The molecule has 0 aromatic carbocycles. The van der Waals surface area contributed by atoms with Gasteiger partial charge in [-0.15, -0.1) is 0 Å². The summed E-state index contributed by atoms with van der Waals surface area (Å²) in [4.78, 5) is 17.4. The summed E-state index contributed by atoms with van der Waals surface area (Å²) >= 11 is 0. The predicted octanol–water partition coefficient (Wildman–Crippen LogP) is 0.442. The summed E-state index contributed by atoms with van der Waals surface area (Å²) in [5.41, 5.74) is 0.389. The lowest BCUT2D eigenvalue weighted by atomic mass is 10.2. The van der Waals surface area contributed by atoms with Crippen LogP contribution in [-0.4, -0.2) is 27.2 Å². The van der Waals surface area contributed by atoms with Gasteiger partial charge in [-0.1, -0.05) is 0 Å². The maximum Gasteiger partial charge on any atom is 0.338 e. The molecule has 0 radical (unpaired) electrons. The highest BCUT2D eigenvalue weighted by atomic mass is 19.1. The lowest BCUT2D eigenvalue weighted by molar-refractivity contribution is -0.142. The number of nitrogens with zero attached hydrogens (tertiary/aromatic N) is 2. The molecule has 0 saturated heterocycles. The maximum atomic E-state index is 12.6. The van der Waals surface area contributed by atoms with E-state index in [2.05, 4.69) is 9.97 Å². The van der Waals surface area contributed by atoms with E-state index in [1.54, 1.807) is 0 Å². The van der Waals surface area contributed by atoms with Crippen LogP contribution >= 0.6 is 0 Å². The van der Waals surface area contributed by atoms with Crippen LogP contribution < -0.4 is 0 Å². The number of rotatable bonds is 3. The molecule has 0 saturated carbocycles. The zero-order chi connectivity index (χ0) is 8.97. The number of aromatic nitrogens is 2. The lowest BCUT2D eigenvalue weighted by Gasteiger charge is -2.00. The third-order valence-electron chi connectivity index (χ3n) is 1.30. The minimum atomic E-state index is -1.89. The van der Waals surface area contributed by atoms with Gasteiger partial charge in [0.05, 0.1) is 0 Å². The maximum absolute atomic E-state index is 12.6. The molecule has 12 heavy (non-hydrogen) atoms. The van der Waals surface area contributed by atoms with Crippen molar-refractivity contribution < 1.29 is 14.3 Å². The topological polar surface area (TPSA) is 63.1 Å². The van der Waals surface area contributed by atoms with E-state index in [-0.39, 0.29) is 6.42 Å². The van der Waals surface area contributed by atoms with Crippen molar-refractivity contribution in [3.8, 4) is 0 Å². The van der Waals surface area contributed by atoms with Crippen LogP contribution in [0.4, 0.5) is 4.39 Å². The smallest absolute Gasteiger partial charge is 0.338 e. The highest BCUT2D eigenvalue weighted by Gasteiger charge is 2.16. The molecule has 5 heteroatoms. The Morgan fingerprint density at radius 3 is 3.00 bits per heavy atom. The Morgan fingerprint density at radius 1 is 1.75 bits per heavy atom. The van der Waals surface area contributed by atoms with Gasteiger partial charge in [0.25, 0.3) is 0 Å². The van der Waals surface area contributed by atoms with Gasteiger partial charge in [-0.05, 0) is 6.07 Å². The molecule has 1 aromatic heterocycles. The second kappa shape index (κ2) is 3.75. The van der Waals surface area contributed by atoms with E-state index in [0.717, 1.165) is 0 Å². The first-order chi connectivity index (χ1) is 5.70. The summed E-state index contributed by atoms with van der Waals surface area (Å²) in [6.07, 6.45) is 0.596. The SMILES string of the molecule is O=C(O)C(F)Cc1ccncn1. The molecule has 1 heterocycles. The van der Waals surface area contributed by atoms with E-state index in [1.165, 1.54) is 18.6 Å². The molecule has 1 atom stereocenters. The second-order valence-electron chi connectivity index (χ2n) is 2.21. The number of hydrogen-bond acceptors (Lipinski definition) is 3. The highest BCUT2D eigenvalue weighted by Crippen LogP contribution is 2.01. The first-order valence-corrected chi connectivity index (χ1v) is 3.32. The summed E-state index contributed by atoms with van der Waals surface area (Å²) < 4.78 is 12.6. The average molecular weight is 170 g/mol. The van der Waals surface area contributed by atoms with Crippen LogP contribution in [0, 0.1) is 0 Å². The van der Waals surface area contributed by atoms with Crippen LogP contribution in [-0.2, 0) is 11.2 Å². The Hall–Kier alpha value is -1.52. The second-order valence-corrected chi connectivity index (χ2v) is 2.21. The Bertz CT molecular complexity index is 265. The van der Waals surface area contributed by atoms with Crippen molar-refractivity contribution in [2.24, 2.45) is 0 Å². The van der Waals surface area contributed by atoms with Crippen LogP contribution in [0.25, 0.3) is 0 Å². The monoisotopic (exact) mass is 170 g/mol. The van der Waals surface area contributed by atoms with Gasteiger partial charge < -0.3 is 5.11 Å². The van der Waals surface area contributed by atoms with Gasteiger partial charge in [0, 0.05) is 18.3 Å². The quantitative estimate of drug-likeness (QED) is 0.715. The van der Waals surface area contributed by atoms with E-state index in [9.17, 15) is 9.18 Å². The predicted molar refractivity (Wildman–Crippen MR) is 38.3 cm³/mol. The average Bonchev–Trinajstić information content (AvgIpc) is 2.06. The molecule has 4 nitrogen and oxygen atoms in total. The number of halogens is 1. The summed E-state index contributed by atoms with van der Waals surface area (Å²) in [5.74, 6) is -1.46. The van der Waals surface area contributed by atoms with Crippen molar-refractivity contribution in [2.45, 2.75) is 12.6 Å². The molecule has 0 amide bonds. The van der Waals surface area contributed by atoms with E-state index in [4.69, 9.17) is 5.11 Å². The van der Waals surface area contributed by atoms with Crippen LogP contribution in [0.2, 0.25) is 0 Å².